The van der Waals surface area contributed by atoms with Crippen LogP contribution in [0.3, 0.4) is 0 Å². The number of fused-ring (bicyclic) bond motifs is 1. The van der Waals surface area contributed by atoms with E-state index in [0.29, 0.717) is 24.6 Å². The average Bonchev–Trinajstić information content (AvgIpc) is 3.15. The third-order valence-electron chi connectivity index (χ3n) is 3.26. The Morgan fingerprint density at radius 1 is 1.36 bits per heavy atom. The van der Waals surface area contributed by atoms with Gasteiger partial charge >= 0.3 is 0 Å². The van der Waals surface area contributed by atoms with Gasteiger partial charge in [-0.1, -0.05) is 0 Å². The van der Waals surface area contributed by atoms with Crippen LogP contribution in [-0.4, -0.2) is 58.3 Å². The number of hydrogen-bond acceptors (Lipinski definition) is 7. The minimum atomic E-state index is -0.565. The van der Waals surface area contributed by atoms with E-state index in [1.165, 1.54) is 0 Å². The third kappa shape index (κ3) is 2.94. The van der Waals surface area contributed by atoms with Gasteiger partial charge in [-0.2, -0.15) is 15.9 Å². The lowest BCUT2D eigenvalue weighted by Gasteiger charge is -2.21. The number of ether oxygens (including phenoxy) is 1. The molecule has 3 aromatic heterocycles. The zero-order valence-corrected chi connectivity index (χ0v) is 13.2. The molecule has 8 heteroatoms. The van der Waals surface area contributed by atoms with Crippen LogP contribution >= 0.6 is 11.3 Å². The highest BCUT2D eigenvalue weighted by Gasteiger charge is 2.14. The summed E-state index contributed by atoms with van der Waals surface area (Å²) in [6.45, 7) is 0.724. The summed E-state index contributed by atoms with van der Waals surface area (Å²) in [5.74, 6) is 1.45. The predicted octanol–water partition coefficient (Wildman–Crippen LogP) is 1.30. The van der Waals surface area contributed by atoms with Gasteiger partial charge in [-0.25, -0.2) is 0 Å². The second kappa shape index (κ2) is 6.39. The Morgan fingerprint density at radius 3 is 2.95 bits per heavy atom. The zero-order chi connectivity index (χ0) is 15.5. The molecule has 0 aliphatic heterocycles. The maximum absolute atomic E-state index is 9.83. The Labute approximate surface area is 131 Å². The quantitative estimate of drug-likeness (QED) is 0.738. The minimum Gasteiger partial charge on any atom is -0.389 e. The zero-order valence-electron chi connectivity index (χ0n) is 12.4. The van der Waals surface area contributed by atoms with Crippen LogP contribution in [0.15, 0.2) is 29.0 Å². The fourth-order valence-corrected chi connectivity index (χ4v) is 2.84. The van der Waals surface area contributed by atoms with Crippen molar-refractivity contribution in [1.82, 2.24) is 19.8 Å². The number of nitrogens with zero attached hydrogens (tertiary/aromatic N) is 5. The van der Waals surface area contributed by atoms with Gasteiger partial charge in [0.05, 0.1) is 12.7 Å². The summed E-state index contributed by atoms with van der Waals surface area (Å²) < 4.78 is 6.66. The number of hydrogen-bond donors (Lipinski definition) is 1. The highest BCUT2D eigenvalue weighted by Crippen LogP contribution is 2.21. The molecule has 0 saturated heterocycles. The first-order chi connectivity index (χ1) is 10.7. The van der Waals surface area contributed by atoms with Gasteiger partial charge in [0.2, 0.25) is 0 Å². The second-order valence-corrected chi connectivity index (χ2v) is 5.77. The molecule has 3 rings (SSSR count). The lowest BCUT2D eigenvalue weighted by Crippen LogP contribution is -2.32. The number of aliphatic hydroxyl groups is 1. The Bertz CT molecular complexity index is 743. The van der Waals surface area contributed by atoms with Crippen molar-refractivity contribution in [2.24, 2.45) is 0 Å². The molecule has 0 radical (unpaired) electrons. The van der Waals surface area contributed by atoms with Crippen LogP contribution in [0.2, 0.25) is 0 Å². The highest BCUT2D eigenvalue weighted by atomic mass is 32.1. The summed E-state index contributed by atoms with van der Waals surface area (Å²) in [4.78, 5) is 1.88. The number of aromatic nitrogens is 4. The highest BCUT2D eigenvalue weighted by molar-refractivity contribution is 7.08. The SMILES string of the molecule is COCC(O)CN(C)c1ccc2nnc(-c3ccsc3)n2n1. The van der Waals surface area contributed by atoms with Gasteiger partial charge in [-0.3, -0.25) is 0 Å². The average molecular weight is 319 g/mol. The second-order valence-electron chi connectivity index (χ2n) is 4.99. The number of rotatable bonds is 6. The Morgan fingerprint density at radius 2 is 2.23 bits per heavy atom. The smallest absolute Gasteiger partial charge is 0.186 e. The fourth-order valence-electron chi connectivity index (χ4n) is 2.21. The first kappa shape index (κ1) is 14.9. The van der Waals surface area contributed by atoms with Gasteiger partial charge < -0.3 is 14.7 Å². The third-order valence-corrected chi connectivity index (χ3v) is 3.95. The summed E-state index contributed by atoms with van der Waals surface area (Å²) in [5, 5.41) is 26.7. The van der Waals surface area contributed by atoms with E-state index in [2.05, 4.69) is 15.3 Å². The molecule has 7 nitrogen and oxygen atoms in total. The molecule has 0 bridgehead atoms. The van der Waals surface area contributed by atoms with Gasteiger partial charge in [0, 0.05) is 31.6 Å². The van der Waals surface area contributed by atoms with E-state index in [4.69, 9.17) is 4.74 Å². The largest absolute Gasteiger partial charge is 0.389 e. The Hall–Kier alpha value is -2.03. The summed E-state index contributed by atoms with van der Waals surface area (Å²) in [6, 6.07) is 5.72. The van der Waals surface area contributed by atoms with Crippen LogP contribution in [0.5, 0.6) is 0 Å². The van der Waals surface area contributed by atoms with E-state index < -0.39 is 6.10 Å². The molecule has 1 N–H and O–H groups in total. The molecule has 1 atom stereocenters. The van der Waals surface area contributed by atoms with Gasteiger partial charge in [-0.15, -0.1) is 15.3 Å². The van der Waals surface area contributed by atoms with Crippen molar-refractivity contribution < 1.29 is 9.84 Å². The lowest BCUT2D eigenvalue weighted by atomic mass is 10.3. The molecule has 1 unspecified atom stereocenters. The molecule has 0 aromatic carbocycles. The van der Waals surface area contributed by atoms with E-state index in [9.17, 15) is 5.11 Å². The minimum absolute atomic E-state index is 0.291. The maximum Gasteiger partial charge on any atom is 0.186 e. The van der Waals surface area contributed by atoms with E-state index >= 15 is 0 Å². The van der Waals surface area contributed by atoms with E-state index in [1.807, 2.05) is 40.9 Å². The number of anilines is 1. The molecular weight excluding hydrogens is 302 g/mol. The van der Waals surface area contributed by atoms with Crippen molar-refractivity contribution in [2.45, 2.75) is 6.10 Å². The lowest BCUT2D eigenvalue weighted by molar-refractivity contribution is 0.0694. The predicted molar refractivity (Wildman–Crippen MR) is 85.2 cm³/mol. The molecular formula is C14H17N5O2S. The topological polar surface area (TPSA) is 75.8 Å². The normalized spacial score (nSPS) is 12.7. The molecule has 0 aliphatic rings. The molecule has 116 valence electrons. The Kier molecular flexibility index (Phi) is 4.32. The number of likely N-dealkylation sites (N-methyl/N-ethyl adjacent to an activating group) is 1. The van der Waals surface area contributed by atoms with Crippen LogP contribution in [0, 0.1) is 0 Å². The first-order valence-electron chi connectivity index (χ1n) is 6.82. The first-order valence-corrected chi connectivity index (χ1v) is 7.76. The standard InChI is InChI=1S/C14H17N5O2S/c1-18(7-11(20)8-21-2)13-4-3-12-15-16-14(19(12)17-13)10-5-6-22-9-10/h3-6,9,11,20H,7-8H2,1-2H3. The van der Waals surface area contributed by atoms with Crippen molar-refractivity contribution in [3.05, 3.63) is 29.0 Å². The van der Waals surface area contributed by atoms with E-state index in [1.54, 1.807) is 23.0 Å². The summed E-state index contributed by atoms with van der Waals surface area (Å²) in [6.07, 6.45) is -0.565. The van der Waals surface area contributed by atoms with Gasteiger partial charge in [0.25, 0.3) is 0 Å². The van der Waals surface area contributed by atoms with E-state index in [0.717, 1.165) is 11.4 Å². The van der Waals surface area contributed by atoms with Crippen LogP contribution in [-0.2, 0) is 4.74 Å². The van der Waals surface area contributed by atoms with Gasteiger partial charge in [-0.05, 0) is 23.6 Å². The molecule has 0 aliphatic carbocycles. The number of aliphatic hydroxyl groups excluding tert-OH is 1. The van der Waals surface area contributed by atoms with Crippen molar-refractivity contribution in [2.75, 3.05) is 32.2 Å². The molecule has 3 aromatic rings. The molecule has 0 saturated carbocycles. The number of methoxy groups -OCH3 is 1. The Balaban J connectivity index is 1.90. The van der Waals surface area contributed by atoms with Crippen molar-refractivity contribution in [3.63, 3.8) is 0 Å². The molecule has 0 fully saturated rings. The summed E-state index contributed by atoms with van der Waals surface area (Å²) in [5.41, 5.74) is 1.68. The van der Waals surface area contributed by atoms with Crippen LogP contribution in [0.4, 0.5) is 5.82 Å². The molecule has 0 spiro atoms. The monoisotopic (exact) mass is 319 g/mol. The van der Waals surface area contributed by atoms with Crippen LogP contribution < -0.4 is 4.90 Å². The summed E-state index contributed by atoms with van der Waals surface area (Å²) >= 11 is 1.60. The fraction of sp³-hybridized carbons (Fsp3) is 0.357. The van der Waals surface area contributed by atoms with Crippen LogP contribution in [0.25, 0.3) is 17.0 Å². The van der Waals surface area contributed by atoms with Gasteiger partial charge in [0.1, 0.15) is 5.82 Å². The number of thiophene rings is 1. The van der Waals surface area contributed by atoms with E-state index in [-0.39, 0.29) is 0 Å². The molecule has 0 amide bonds. The van der Waals surface area contributed by atoms with Crippen LogP contribution in [0.1, 0.15) is 0 Å². The van der Waals surface area contributed by atoms with Crippen molar-refractivity contribution in [1.29, 1.82) is 0 Å². The van der Waals surface area contributed by atoms with Crippen molar-refractivity contribution in [3.8, 4) is 11.4 Å². The molecule has 3 heterocycles. The molecule has 22 heavy (non-hydrogen) atoms. The maximum atomic E-state index is 9.83. The summed E-state index contributed by atoms with van der Waals surface area (Å²) in [7, 11) is 3.44. The van der Waals surface area contributed by atoms with Gasteiger partial charge in [0.15, 0.2) is 11.5 Å². The van der Waals surface area contributed by atoms with Crippen molar-refractivity contribution >= 4 is 22.8 Å².